The summed E-state index contributed by atoms with van der Waals surface area (Å²) >= 11 is 6.01. The van der Waals surface area contributed by atoms with Gasteiger partial charge in [0.2, 0.25) is 0 Å². The van der Waals surface area contributed by atoms with E-state index in [1.54, 1.807) is 6.20 Å². The van der Waals surface area contributed by atoms with E-state index >= 15 is 0 Å². The van der Waals surface area contributed by atoms with Gasteiger partial charge in [0, 0.05) is 13.1 Å². The van der Waals surface area contributed by atoms with Crippen LogP contribution in [-0.2, 0) is 16.0 Å². The second-order valence-corrected chi connectivity index (χ2v) is 5.20. The molecular weight excluding hydrogens is 270 g/mol. The average Bonchev–Trinajstić information content (AvgIpc) is 2.71. The van der Waals surface area contributed by atoms with Crippen LogP contribution < -0.4 is 10.9 Å². The minimum atomic E-state index is -0.556. The molecule has 0 saturated carbocycles. The maximum absolute atomic E-state index is 11.8. The molecule has 1 aromatic heterocycles. The van der Waals surface area contributed by atoms with Crippen molar-refractivity contribution in [2.24, 2.45) is 0 Å². The molecule has 1 fully saturated rings. The molecule has 1 atom stereocenters. The van der Waals surface area contributed by atoms with Crippen LogP contribution in [0.15, 0.2) is 11.0 Å². The Bertz CT molecular complexity index is 515. The monoisotopic (exact) mass is 287 g/mol. The molecule has 2 rings (SSSR count). The van der Waals surface area contributed by atoms with Crippen molar-refractivity contribution in [1.82, 2.24) is 9.78 Å². The Balaban J connectivity index is 2.01. The Hall–Kier alpha value is -1.11. The van der Waals surface area contributed by atoms with E-state index in [9.17, 15) is 4.79 Å². The van der Waals surface area contributed by atoms with Gasteiger partial charge in [-0.1, -0.05) is 11.6 Å². The third kappa shape index (κ3) is 3.26. The van der Waals surface area contributed by atoms with Gasteiger partial charge in [-0.2, -0.15) is 5.10 Å². The minimum absolute atomic E-state index is 0.0697. The third-order valence-electron chi connectivity index (χ3n) is 2.87. The quantitative estimate of drug-likeness (QED) is 0.909. The molecule has 19 heavy (non-hydrogen) atoms. The van der Waals surface area contributed by atoms with Crippen LogP contribution in [0, 0.1) is 0 Å². The van der Waals surface area contributed by atoms with Gasteiger partial charge in [-0.25, -0.2) is 4.68 Å². The summed E-state index contributed by atoms with van der Waals surface area (Å²) in [6.07, 6.45) is 1.48. The number of nitrogens with one attached hydrogen (secondary N) is 1. The number of rotatable bonds is 4. The van der Waals surface area contributed by atoms with Crippen molar-refractivity contribution in [3.05, 3.63) is 21.6 Å². The first kappa shape index (κ1) is 14.3. The van der Waals surface area contributed by atoms with E-state index in [-0.39, 0.29) is 16.7 Å². The van der Waals surface area contributed by atoms with E-state index in [1.807, 2.05) is 20.8 Å². The van der Waals surface area contributed by atoms with Gasteiger partial charge >= 0.3 is 0 Å². The largest absolute Gasteiger partial charge is 0.380 e. The molecule has 0 bridgehead atoms. The van der Waals surface area contributed by atoms with E-state index < -0.39 is 5.79 Å². The lowest BCUT2D eigenvalue weighted by Gasteiger charge is -2.17. The molecule has 1 aromatic rings. The van der Waals surface area contributed by atoms with Gasteiger partial charge in [-0.15, -0.1) is 0 Å². The molecule has 106 valence electrons. The molecule has 2 heterocycles. The number of anilines is 1. The highest BCUT2D eigenvalue weighted by Gasteiger charge is 2.32. The maximum Gasteiger partial charge on any atom is 0.287 e. The zero-order chi connectivity index (χ0) is 14.0. The summed E-state index contributed by atoms with van der Waals surface area (Å²) in [7, 11) is 0. The molecule has 1 aliphatic rings. The molecule has 7 heteroatoms. The van der Waals surface area contributed by atoms with E-state index in [1.165, 1.54) is 4.68 Å². The number of hydrogen-bond donors (Lipinski definition) is 1. The van der Waals surface area contributed by atoms with Crippen LogP contribution in [0.5, 0.6) is 0 Å². The maximum atomic E-state index is 11.8. The smallest absolute Gasteiger partial charge is 0.287 e. The SMILES string of the molecule is CCn1ncc(NCC2COC(C)(C)O2)c(Cl)c1=O. The fourth-order valence-corrected chi connectivity index (χ4v) is 2.11. The third-order valence-corrected chi connectivity index (χ3v) is 3.24. The standard InChI is InChI=1S/C12H18ClN3O3/c1-4-16-11(17)10(13)9(6-15-16)14-5-8-7-18-12(2,3)19-8/h6,8,14H,4-5,7H2,1-3H3. The molecule has 0 amide bonds. The Morgan fingerprint density at radius 3 is 2.95 bits per heavy atom. The molecule has 0 spiro atoms. The fraction of sp³-hybridized carbons (Fsp3) is 0.667. The summed E-state index contributed by atoms with van der Waals surface area (Å²) in [6.45, 7) is 7.08. The Labute approximate surface area is 116 Å². The lowest BCUT2D eigenvalue weighted by molar-refractivity contribution is -0.136. The summed E-state index contributed by atoms with van der Waals surface area (Å²) in [5.41, 5.74) is 0.225. The van der Waals surface area contributed by atoms with Crippen molar-refractivity contribution in [2.75, 3.05) is 18.5 Å². The van der Waals surface area contributed by atoms with Gasteiger partial charge in [-0.3, -0.25) is 4.79 Å². The van der Waals surface area contributed by atoms with Crippen molar-refractivity contribution < 1.29 is 9.47 Å². The van der Waals surface area contributed by atoms with E-state index in [0.717, 1.165) is 0 Å². The van der Waals surface area contributed by atoms with Crippen LogP contribution in [0.3, 0.4) is 0 Å². The van der Waals surface area contributed by atoms with Gasteiger partial charge in [0.1, 0.15) is 11.1 Å². The highest BCUT2D eigenvalue weighted by molar-refractivity contribution is 6.32. The van der Waals surface area contributed by atoms with Crippen LogP contribution in [-0.4, -0.2) is 34.8 Å². The van der Waals surface area contributed by atoms with Gasteiger partial charge in [0.25, 0.3) is 5.56 Å². The number of hydrogen-bond acceptors (Lipinski definition) is 5. The summed E-state index contributed by atoms with van der Waals surface area (Å²) in [5, 5.41) is 7.24. The molecule has 1 aliphatic heterocycles. The van der Waals surface area contributed by atoms with Crippen molar-refractivity contribution in [3.63, 3.8) is 0 Å². The van der Waals surface area contributed by atoms with Gasteiger partial charge in [0.05, 0.1) is 18.5 Å². The molecule has 1 unspecified atom stereocenters. The lowest BCUT2D eigenvalue weighted by Crippen LogP contribution is -2.28. The molecule has 1 N–H and O–H groups in total. The predicted molar refractivity (Wildman–Crippen MR) is 72.6 cm³/mol. The number of halogens is 1. The molecule has 0 aliphatic carbocycles. The van der Waals surface area contributed by atoms with Gasteiger partial charge in [0.15, 0.2) is 5.79 Å². The van der Waals surface area contributed by atoms with Crippen molar-refractivity contribution in [1.29, 1.82) is 0 Å². The number of ether oxygens (including phenoxy) is 2. The first-order chi connectivity index (χ1) is 8.93. The van der Waals surface area contributed by atoms with Gasteiger partial charge < -0.3 is 14.8 Å². The second kappa shape index (κ2) is 5.48. The number of aromatic nitrogens is 2. The van der Waals surface area contributed by atoms with Crippen molar-refractivity contribution in [3.8, 4) is 0 Å². The zero-order valence-electron chi connectivity index (χ0n) is 11.3. The molecular formula is C12H18ClN3O3. The Kier molecular flexibility index (Phi) is 4.13. The van der Waals surface area contributed by atoms with Crippen LogP contribution in [0.2, 0.25) is 5.02 Å². The van der Waals surface area contributed by atoms with Crippen LogP contribution >= 0.6 is 11.6 Å². The predicted octanol–water partition coefficient (Wildman–Crippen LogP) is 1.48. The number of aryl methyl sites for hydroxylation is 1. The first-order valence-corrected chi connectivity index (χ1v) is 6.62. The van der Waals surface area contributed by atoms with Crippen LogP contribution in [0.4, 0.5) is 5.69 Å². The Morgan fingerprint density at radius 1 is 1.63 bits per heavy atom. The number of nitrogens with zero attached hydrogens (tertiary/aromatic N) is 2. The molecule has 1 saturated heterocycles. The second-order valence-electron chi connectivity index (χ2n) is 4.82. The molecule has 6 nitrogen and oxygen atoms in total. The van der Waals surface area contributed by atoms with Gasteiger partial charge in [-0.05, 0) is 20.8 Å². The fourth-order valence-electron chi connectivity index (χ4n) is 1.90. The summed E-state index contributed by atoms with van der Waals surface area (Å²) < 4.78 is 12.4. The van der Waals surface area contributed by atoms with E-state index in [2.05, 4.69) is 10.4 Å². The molecule has 0 aromatic carbocycles. The summed E-state index contributed by atoms with van der Waals surface area (Å²) in [5.74, 6) is -0.556. The first-order valence-electron chi connectivity index (χ1n) is 6.24. The topological polar surface area (TPSA) is 65.4 Å². The summed E-state index contributed by atoms with van der Waals surface area (Å²) in [6, 6.07) is 0. The average molecular weight is 288 g/mol. The van der Waals surface area contributed by atoms with Crippen molar-refractivity contribution >= 4 is 17.3 Å². The normalized spacial score (nSPS) is 21.6. The van der Waals surface area contributed by atoms with Crippen molar-refractivity contribution in [2.45, 2.75) is 39.2 Å². The summed E-state index contributed by atoms with van der Waals surface area (Å²) in [4.78, 5) is 11.8. The molecule has 0 radical (unpaired) electrons. The van der Waals surface area contributed by atoms with E-state index in [4.69, 9.17) is 21.1 Å². The lowest BCUT2D eigenvalue weighted by atomic mass is 10.3. The highest BCUT2D eigenvalue weighted by Crippen LogP contribution is 2.23. The Morgan fingerprint density at radius 2 is 2.37 bits per heavy atom. The minimum Gasteiger partial charge on any atom is -0.380 e. The van der Waals surface area contributed by atoms with Crippen LogP contribution in [0.25, 0.3) is 0 Å². The zero-order valence-corrected chi connectivity index (χ0v) is 12.0. The van der Waals surface area contributed by atoms with E-state index in [0.29, 0.717) is 25.4 Å². The highest BCUT2D eigenvalue weighted by atomic mass is 35.5. The van der Waals surface area contributed by atoms with Crippen LogP contribution in [0.1, 0.15) is 20.8 Å².